The molecule has 1 saturated heterocycles. The molecule has 1 heterocycles. The van der Waals surface area contributed by atoms with Crippen LogP contribution in [0.1, 0.15) is 56.7 Å². The maximum absolute atomic E-state index is 12.0. The van der Waals surface area contributed by atoms with Gasteiger partial charge in [-0.1, -0.05) is 24.6 Å². The molecule has 1 aromatic carbocycles. The van der Waals surface area contributed by atoms with Gasteiger partial charge < -0.3 is 10.1 Å². The van der Waals surface area contributed by atoms with Crippen LogP contribution in [0.2, 0.25) is 0 Å². The predicted molar refractivity (Wildman–Crippen MR) is 96.1 cm³/mol. The quantitative estimate of drug-likeness (QED) is 0.919. The zero-order chi connectivity index (χ0) is 17.2. The second kappa shape index (κ2) is 7.14. The number of fused-ring (bicyclic) bond motifs is 1. The molecule has 0 saturated carbocycles. The lowest BCUT2D eigenvalue weighted by atomic mass is 10.0. The van der Waals surface area contributed by atoms with Crippen molar-refractivity contribution in [3.8, 4) is 0 Å². The van der Waals surface area contributed by atoms with Crippen LogP contribution in [0.25, 0.3) is 0 Å². The summed E-state index contributed by atoms with van der Waals surface area (Å²) in [6, 6.07) is 6.98. The van der Waals surface area contributed by atoms with Crippen LogP contribution in [0.15, 0.2) is 18.2 Å². The van der Waals surface area contributed by atoms with Gasteiger partial charge in [0, 0.05) is 12.6 Å². The number of rotatable bonds is 3. The van der Waals surface area contributed by atoms with Crippen molar-refractivity contribution in [1.29, 1.82) is 0 Å². The van der Waals surface area contributed by atoms with Gasteiger partial charge in [-0.05, 0) is 76.2 Å². The molecule has 0 bridgehead atoms. The minimum Gasteiger partial charge on any atom is -0.444 e. The third-order valence-corrected chi connectivity index (χ3v) is 4.78. The molecule has 3 rings (SSSR count). The summed E-state index contributed by atoms with van der Waals surface area (Å²) in [4.78, 5) is 14.5. The second-order valence-electron chi connectivity index (χ2n) is 8.19. The molecule has 2 aliphatic rings. The minimum absolute atomic E-state index is 0.153. The van der Waals surface area contributed by atoms with E-state index in [0.717, 1.165) is 19.4 Å². The fraction of sp³-hybridized carbons (Fsp3) is 0.650. The molecule has 0 radical (unpaired) electrons. The Morgan fingerprint density at radius 3 is 2.58 bits per heavy atom. The standard InChI is InChI=1S/C20H30N2O2/c1-20(2,3)24-19(23)21-18-12-16-8-7-15(11-17(16)13-18)14-22-9-5-4-6-10-22/h7-8,11,18H,4-6,9-10,12-14H2,1-3H3,(H,21,23). The van der Waals surface area contributed by atoms with Crippen LogP contribution in [0, 0.1) is 0 Å². The van der Waals surface area contributed by atoms with Crippen molar-refractivity contribution in [3.05, 3.63) is 34.9 Å². The highest BCUT2D eigenvalue weighted by molar-refractivity contribution is 5.68. The maximum atomic E-state index is 12.0. The van der Waals surface area contributed by atoms with Gasteiger partial charge in [0.05, 0.1) is 0 Å². The van der Waals surface area contributed by atoms with Gasteiger partial charge in [0.1, 0.15) is 5.60 Å². The number of nitrogens with one attached hydrogen (secondary N) is 1. The van der Waals surface area contributed by atoms with Crippen molar-refractivity contribution >= 4 is 6.09 Å². The number of piperidine rings is 1. The van der Waals surface area contributed by atoms with Gasteiger partial charge in [0.25, 0.3) is 0 Å². The normalized spacial score (nSPS) is 21.4. The average molecular weight is 330 g/mol. The van der Waals surface area contributed by atoms with E-state index >= 15 is 0 Å². The molecule has 1 atom stereocenters. The Hall–Kier alpha value is -1.55. The van der Waals surface area contributed by atoms with Crippen LogP contribution in [0.5, 0.6) is 0 Å². The highest BCUT2D eigenvalue weighted by Gasteiger charge is 2.25. The average Bonchev–Trinajstić information content (AvgIpc) is 2.87. The fourth-order valence-electron chi connectivity index (χ4n) is 3.72. The Balaban J connectivity index is 1.56. The van der Waals surface area contributed by atoms with Crippen LogP contribution in [-0.4, -0.2) is 35.7 Å². The molecule has 1 unspecified atom stereocenters. The molecule has 4 heteroatoms. The number of nitrogens with zero attached hydrogens (tertiary/aromatic N) is 1. The summed E-state index contributed by atoms with van der Waals surface area (Å²) in [7, 11) is 0. The number of hydrogen-bond donors (Lipinski definition) is 1. The zero-order valence-corrected chi connectivity index (χ0v) is 15.2. The summed E-state index contributed by atoms with van der Waals surface area (Å²) in [5.74, 6) is 0. The summed E-state index contributed by atoms with van der Waals surface area (Å²) in [6.07, 6.45) is 5.52. The lowest BCUT2D eigenvalue weighted by Gasteiger charge is -2.26. The number of benzene rings is 1. The molecule has 1 amide bonds. The largest absolute Gasteiger partial charge is 0.444 e. The minimum atomic E-state index is -0.447. The van der Waals surface area contributed by atoms with Crippen molar-refractivity contribution in [2.24, 2.45) is 0 Å². The molecule has 1 aliphatic carbocycles. The molecule has 1 N–H and O–H groups in total. The van der Waals surface area contributed by atoms with Gasteiger partial charge in [0.15, 0.2) is 0 Å². The SMILES string of the molecule is CC(C)(C)OC(=O)NC1Cc2ccc(CN3CCCCC3)cc2C1. The van der Waals surface area contributed by atoms with Gasteiger partial charge >= 0.3 is 6.09 Å². The topological polar surface area (TPSA) is 41.6 Å². The highest BCUT2D eigenvalue weighted by Crippen LogP contribution is 2.25. The molecule has 1 aliphatic heterocycles. The van der Waals surface area contributed by atoms with E-state index in [1.165, 1.54) is 49.0 Å². The molecular weight excluding hydrogens is 300 g/mol. The molecule has 132 valence electrons. The zero-order valence-electron chi connectivity index (χ0n) is 15.2. The molecule has 24 heavy (non-hydrogen) atoms. The van der Waals surface area contributed by atoms with E-state index in [1.807, 2.05) is 20.8 Å². The van der Waals surface area contributed by atoms with E-state index in [0.29, 0.717) is 0 Å². The van der Waals surface area contributed by atoms with Crippen LogP contribution < -0.4 is 5.32 Å². The van der Waals surface area contributed by atoms with E-state index in [1.54, 1.807) is 0 Å². The van der Waals surface area contributed by atoms with Crippen molar-refractivity contribution in [2.75, 3.05) is 13.1 Å². The van der Waals surface area contributed by atoms with Gasteiger partial charge in [-0.2, -0.15) is 0 Å². The number of carbonyl (C=O) groups is 1. The summed E-state index contributed by atoms with van der Waals surface area (Å²) < 4.78 is 5.37. The van der Waals surface area contributed by atoms with E-state index in [-0.39, 0.29) is 12.1 Å². The Labute approximate surface area is 145 Å². The lowest BCUT2D eigenvalue weighted by molar-refractivity contribution is 0.0506. The first-order valence-electron chi connectivity index (χ1n) is 9.21. The first-order valence-corrected chi connectivity index (χ1v) is 9.21. The molecule has 1 fully saturated rings. The van der Waals surface area contributed by atoms with Crippen molar-refractivity contribution in [3.63, 3.8) is 0 Å². The Morgan fingerprint density at radius 2 is 1.88 bits per heavy atom. The molecular formula is C20H30N2O2. The van der Waals surface area contributed by atoms with E-state index in [9.17, 15) is 4.79 Å². The molecule has 1 aromatic rings. The summed E-state index contributed by atoms with van der Waals surface area (Å²) in [5, 5.41) is 3.01. The Morgan fingerprint density at radius 1 is 1.17 bits per heavy atom. The van der Waals surface area contributed by atoms with Gasteiger partial charge in [-0.3, -0.25) is 4.90 Å². The third-order valence-electron chi connectivity index (χ3n) is 4.78. The van der Waals surface area contributed by atoms with Gasteiger partial charge in [-0.15, -0.1) is 0 Å². The lowest BCUT2D eigenvalue weighted by Crippen LogP contribution is -2.39. The van der Waals surface area contributed by atoms with Crippen LogP contribution in [0.3, 0.4) is 0 Å². The third kappa shape index (κ3) is 4.73. The smallest absolute Gasteiger partial charge is 0.407 e. The molecule has 0 spiro atoms. The van der Waals surface area contributed by atoms with Gasteiger partial charge in [0.2, 0.25) is 0 Å². The summed E-state index contributed by atoms with van der Waals surface area (Å²) >= 11 is 0. The van der Waals surface area contributed by atoms with Crippen LogP contribution in [0.4, 0.5) is 4.79 Å². The molecule has 0 aromatic heterocycles. The number of ether oxygens (including phenoxy) is 1. The number of hydrogen-bond acceptors (Lipinski definition) is 3. The maximum Gasteiger partial charge on any atom is 0.407 e. The van der Waals surface area contributed by atoms with Gasteiger partial charge in [-0.25, -0.2) is 4.79 Å². The monoisotopic (exact) mass is 330 g/mol. The van der Waals surface area contributed by atoms with Crippen molar-refractivity contribution in [2.45, 2.75) is 71.1 Å². The summed E-state index contributed by atoms with van der Waals surface area (Å²) in [6.45, 7) is 9.17. The number of carbonyl (C=O) groups excluding carboxylic acids is 1. The number of amides is 1. The summed E-state index contributed by atoms with van der Waals surface area (Å²) in [5.41, 5.74) is 3.69. The molecule has 4 nitrogen and oxygen atoms in total. The fourth-order valence-corrected chi connectivity index (χ4v) is 3.72. The predicted octanol–water partition coefficient (Wildman–Crippen LogP) is 3.66. The Kier molecular flexibility index (Phi) is 5.14. The number of alkyl carbamates (subject to hydrolysis) is 1. The van der Waals surface area contributed by atoms with Crippen molar-refractivity contribution in [1.82, 2.24) is 10.2 Å². The van der Waals surface area contributed by atoms with E-state index in [4.69, 9.17) is 4.74 Å². The second-order valence-corrected chi connectivity index (χ2v) is 8.19. The number of likely N-dealkylation sites (tertiary alicyclic amines) is 1. The first kappa shape index (κ1) is 17.3. The van der Waals surface area contributed by atoms with Crippen molar-refractivity contribution < 1.29 is 9.53 Å². The van der Waals surface area contributed by atoms with Crippen LogP contribution >= 0.6 is 0 Å². The first-order chi connectivity index (χ1) is 11.4. The highest BCUT2D eigenvalue weighted by atomic mass is 16.6. The van der Waals surface area contributed by atoms with E-state index in [2.05, 4.69) is 28.4 Å². The van der Waals surface area contributed by atoms with E-state index < -0.39 is 5.60 Å². The van der Waals surface area contributed by atoms with Crippen LogP contribution in [-0.2, 0) is 24.1 Å². The Bertz CT molecular complexity index is 586.